The highest BCUT2D eigenvalue weighted by Gasteiger charge is 2.11. The van der Waals surface area contributed by atoms with Crippen molar-refractivity contribution in [1.29, 1.82) is 0 Å². The molecule has 1 aromatic heterocycles. The molecule has 3 heteroatoms. The maximum Gasteiger partial charge on any atom is 0.0931 e. The second kappa shape index (κ2) is 5.67. The molecule has 2 rings (SSSR count). The highest BCUT2D eigenvalue weighted by atomic mass is 35.5. The van der Waals surface area contributed by atoms with Crippen LogP contribution in [0, 0.1) is 0 Å². The Balaban J connectivity index is 2.02. The quantitative estimate of drug-likeness (QED) is 0.836. The van der Waals surface area contributed by atoms with E-state index >= 15 is 0 Å². The Hall–Kier alpha value is -0.830. The van der Waals surface area contributed by atoms with Crippen LogP contribution in [0.4, 0.5) is 0 Å². The average molecular weight is 266 g/mol. The van der Waals surface area contributed by atoms with E-state index in [0.717, 1.165) is 4.34 Å². The Bertz CT molecular complexity index is 466. The number of halogens is 1. The molecule has 0 aliphatic rings. The minimum absolute atomic E-state index is 0.314. The van der Waals surface area contributed by atoms with E-state index < -0.39 is 0 Å². The molecule has 2 atom stereocenters. The smallest absolute Gasteiger partial charge is 0.0931 e. The van der Waals surface area contributed by atoms with Crippen LogP contribution in [0.1, 0.15) is 37.1 Å². The third-order valence-electron chi connectivity index (χ3n) is 2.89. The molecule has 1 nitrogen and oxygen atoms in total. The first kappa shape index (κ1) is 12.6. The van der Waals surface area contributed by atoms with Gasteiger partial charge in [0.05, 0.1) is 4.34 Å². The van der Waals surface area contributed by atoms with Crippen molar-refractivity contribution in [2.24, 2.45) is 0 Å². The summed E-state index contributed by atoms with van der Waals surface area (Å²) in [7, 11) is 0. The van der Waals surface area contributed by atoms with Crippen LogP contribution in [0.2, 0.25) is 4.34 Å². The number of hydrogen-bond donors (Lipinski definition) is 1. The van der Waals surface area contributed by atoms with E-state index in [-0.39, 0.29) is 0 Å². The van der Waals surface area contributed by atoms with E-state index in [1.165, 1.54) is 11.1 Å². The fraction of sp³-hybridized carbons (Fsp3) is 0.286. The minimum Gasteiger partial charge on any atom is -0.304 e. The topological polar surface area (TPSA) is 12.0 Å². The first-order chi connectivity index (χ1) is 8.16. The first-order valence-electron chi connectivity index (χ1n) is 5.71. The molecule has 1 aromatic carbocycles. The lowest BCUT2D eigenvalue weighted by molar-refractivity contribution is 0.495. The summed E-state index contributed by atoms with van der Waals surface area (Å²) in [6.45, 7) is 4.34. The van der Waals surface area contributed by atoms with Crippen molar-refractivity contribution in [3.8, 4) is 0 Å². The Labute approximate surface area is 111 Å². The van der Waals surface area contributed by atoms with Gasteiger partial charge in [0.25, 0.3) is 0 Å². The van der Waals surface area contributed by atoms with Gasteiger partial charge in [-0.25, -0.2) is 0 Å². The summed E-state index contributed by atoms with van der Waals surface area (Å²) in [6.07, 6.45) is 0. The summed E-state index contributed by atoms with van der Waals surface area (Å²) in [5.41, 5.74) is 2.56. The van der Waals surface area contributed by atoms with Gasteiger partial charge in [-0.15, -0.1) is 11.3 Å². The molecule has 0 saturated carbocycles. The lowest BCUT2D eigenvalue weighted by Gasteiger charge is -2.19. The summed E-state index contributed by atoms with van der Waals surface area (Å²) < 4.78 is 0.848. The lowest BCUT2D eigenvalue weighted by Crippen LogP contribution is -2.21. The molecule has 90 valence electrons. The number of thiophene rings is 1. The normalized spacial score (nSPS) is 14.5. The molecule has 0 bridgehead atoms. The summed E-state index contributed by atoms with van der Waals surface area (Å²) in [5, 5.41) is 5.68. The molecule has 0 fully saturated rings. The van der Waals surface area contributed by atoms with Crippen LogP contribution in [0.15, 0.2) is 41.8 Å². The van der Waals surface area contributed by atoms with Gasteiger partial charge in [0, 0.05) is 12.1 Å². The second-order valence-electron chi connectivity index (χ2n) is 4.20. The monoisotopic (exact) mass is 265 g/mol. The number of nitrogens with one attached hydrogen (secondary N) is 1. The van der Waals surface area contributed by atoms with Crippen molar-refractivity contribution in [3.05, 3.63) is 57.2 Å². The SMILES string of the molecule is CC(N[C@H](C)c1ccccc1)c1csc(Cl)c1. The van der Waals surface area contributed by atoms with Crippen LogP contribution in [0.25, 0.3) is 0 Å². The second-order valence-corrected chi connectivity index (χ2v) is 5.75. The highest BCUT2D eigenvalue weighted by molar-refractivity contribution is 7.14. The minimum atomic E-state index is 0.314. The Morgan fingerprint density at radius 3 is 2.29 bits per heavy atom. The van der Waals surface area contributed by atoms with Gasteiger partial charge in [-0.3, -0.25) is 0 Å². The summed E-state index contributed by atoms with van der Waals surface area (Å²) >= 11 is 7.53. The van der Waals surface area contributed by atoms with Crippen LogP contribution in [-0.2, 0) is 0 Å². The zero-order valence-corrected chi connectivity index (χ0v) is 11.6. The van der Waals surface area contributed by atoms with Crippen molar-refractivity contribution in [2.45, 2.75) is 25.9 Å². The Morgan fingerprint density at radius 1 is 1.06 bits per heavy atom. The van der Waals surface area contributed by atoms with E-state index in [0.29, 0.717) is 12.1 Å². The van der Waals surface area contributed by atoms with Gasteiger partial charge < -0.3 is 5.32 Å². The molecular formula is C14H16ClNS. The van der Waals surface area contributed by atoms with Gasteiger partial charge in [-0.05, 0) is 36.4 Å². The number of rotatable bonds is 4. The standard InChI is InChI=1S/C14H16ClNS/c1-10(12-6-4-3-5-7-12)16-11(2)13-8-14(15)17-9-13/h3-11,16H,1-2H3/t10-,11?/m1/s1. The van der Waals surface area contributed by atoms with Gasteiger partial charge in [0.2, 0.25) is 0 Å². The zero-order chi connectivity index (χ0) is 12.3. The maximum absolute atomic E-state index is 5.95. The van der Waals surface area contributed by atoms with Crippen molar-refractivity contribution in [2.75, 3.05) is 0 Å². The van der Waals surface area contributed by atoms with Crippen LogP contribution in [0.5, 0.6) is 0 Å². The molecule has 0 aliphatic carbocycles. The predicted octanol–water partition coefficient (Wildman–Crippen LogP) is 4.81. The molecule has 17 heavy (non-hydrogen) atoms. The summed E-state index contributed by atoms with van der Waals surface area (Å²) in [4.78, 5) is 0. The number of benzene rings is 1. The van der Waals surface area contributed by atoms with Crippen molar-refractivity contribution in [3.63, 3.8) is 0 Å². The number of hydrogen-bond acceptors (Lipinski definition) is 2. The third-order valence-corrected chi connectivity index (χ3v) is 4.00. The largest absolute Gasteiger partial charge is 0.304 e. The molecule has 1 unspecified atom stereocenters. The molecule has 0 amide bonds. The first-order valence-corrected chi connectivity index (χ1v) is 6.97. The highest BCUT2D eigenvalue weighted by Crippen LogP contribution is 2.26. The fourth-order valence-electron chi connectivity index (χ4n) is 1.86. The van der Waals surface area contributed by atoms with E-state index in [9.17, 15) is 0 Å². The molecule has 2 aromatic rings. The fourth-order valence-corrected chi connectivity index (χ4v) is 2.84. The summed E-state index contributed by atoms with van der Waals surface area (Å²) in [5.74, 6) is 0. The molecule has 0 saturated heterocycles. The Morgan fingerprint density at radius 2 is 1.71 bits per heavy atom. The molecule has 0 aliphatic heterocycles. The van der Waals surface area contributed by atoms with Gasteiger partial charge in [-0.1, -0.05) is 41.9 Å². The van der Waals surface area contributed by atoms with Crippen LogP contribution in [-0.4, -0.2) is 0 Å². The molecule has 0 radical (unpaired) electrons. The van der Waals surface area contributed by atoms with Gasteiger partial charge in [-0.2, -0.15) is 0 Å². The van der Waals surface area contributed by atoms with E-state index in [1.807, 2.05) is 12.1 Å². The molecular weight excluding hydrogens is 250 g/mol. The zero-order valence-electron chi connectivity index (χ0n) is 9.98. The van der Waals surface area contributed by atoms with Crippen LogP contribution < -0.4 is 5.32 Å². The molecule has 1 heterocycles. The van der Waals surface area contributed by atoms with E-state index in [1.54, 1.807) is 11.3 Å². The molecule has 0 spiro atoms. The third kappa shape index (κ3) is 3.32. The van der Waals surface area contributed by atoms with Crippen LogP contribution >= 0.6 is 22.9 Å². The van der Waals surface area contributed by atoms with E-state index in [2.05, 4.69) is 48.8 Å². The van der Waals surface area contributed by atoms with E-state index in [4.69, 9.17) is 11.6 Å². The van der Waals surface area contributed by atoms with Gasteiger partial charge in [0.1, 0.15) is 0 Å². The molecule has 1 N–H and O–H groups in total. The lowest BCUT2D eigenvalue weighted by atomic mass is 10.1. The van der Waals surface area contributed by atoms with Crippen molar-refractivity contribution >= 4 is 22.9 Å². The van der Waals surface area contributed by atoms with Crippen molar-refractivity contribution < 1.29 is 0 Å². The average Bonchev–Trinajstić information content (AvgIpc) is 2.77. The predicted molar refractivity (Wildman–Crippen MR) is 75.7 cm³/mol. The van der Waals surface area contributed by atoms with Gasteiger partial charge in [0.15, 0.2) is 0 Å². The Kier molecular flexibility index (Phi) is 4.21. The summed E-state index contributed by atoms with van der Waals surface area (Å²) in [6, 6.07) is 13.1. The van der Waals surface area contributed by atoms with Crippen molar-refractivity contribution in [1.82, 2.24) is 5.32 Å². The maximum atomic E-state index is 5.95. The van der Waals surface area contributed by atoms with Gasteiger partial charge >= 0.3 is 0 Å². The van der Waals surface area contributed by atoms with Crippen LogP contribution in [0.3, 0.4) is 0 Å².